The smallest absolute Gasteiger partial charge is 0.0158 e. The second-order valence-corrected chi connectivity index (χ2v) is 4.91. The number of nitrogens with one attached hydrogen (secondary N) is 1. The maximum absolute atomic E-state index is 3.71. The molecular weight excluding hydrogens is 166 g/mol. The molecule has 0 aromatic heterocycles. The molecule has 1 nitrogen and oxygen atoms in total. The van der Waals surface area contributed by atoms with Crippen LogP contribution in [0.4, 0.5) is 0 Å². The SMILES string of the molecule is CCC(CSC)NC1CC(C)C1. The summed E-state index contributed by atoms with van der Waals surface area (Å²) in [7, 11) is 0. The van der Waals surface area contributed by atoms with Gasteiger partial charge in [0.1, 0.15) is 0 Å². The van der Waals surface area contributed by atoms with Gasteiger partial charge in [-0.1, -0.05) is 13.8 Å². The van der Waals surface area contributed by atoms with E-state index in [9.17, 15) is 0 Å². The van der Waals surface area contributed by atoms with Gasteiger partial charge in [0.2, 0.25) is 0 Å². The van der Waals surface area contributed by atoms with Crippen LogP contribution in [0.5, 0.6) is 0 Å². The van der Waals surface area contributed by atoms with Crippen molar-refractivity contribution in [1.82, 2.24) is 5.32 Å². The Morgan fingerprint density at radius 1 is 1.50 bits per heavy atom. The van der Waals surface area contributed by atoms with Crippen LogP contribution in [0.15, 0.2) is 0 Å². The first kappa shape index (κ1) is 10.4. The van der Waals surface area contributed by atoms with E-state index in [1.807, 2.05) is 11.8 Å². The van der Waals surface area contributed by atoms with Gasteiger partial charge in [0.15, 0.2) is 0 Å². The van der Waals surface area contributed by atoms with E-state index in [1.54, 1.807) is 0 Å². The quantitative estimate of drug-likeness (QED) is 0.710. The predicted molar refractivity (Wildman–Crippen MR) is 57.8 cm³/mol. The molecule has 1 saturated carbocycles. The van der Waals surface area contributed by atoms with Gasteiger partial charge in [-0.05, 0) is 31.4 Å². The Morgan fingerprint density at radius 2 is 2.17 bits per heavy atom. The molecule has 0 heterocycles. The molecule has 1 aliphatic rings. The minimum absolute atomic E-state index is 0.748. The number of thioether (sulfide) groups is 1. The monoisotopic (exact) mass is 187 g/mol. The second-order valence-electron chi connectivity index (χ2n) is 4.00. The van der Waals surface area contributed by atoms with Gasteiger partial charge in [-0.25, -0.2) is 0 Å². The zero-order valence-corrected chi connectivity index (χ0v) is 9.29. The van der Waals surface area contributed by atoms with Crippen LogP contribution in [0.25, 0.3) is 0 Å². The fourth-order valence-corrected chi connectivity index (χ4v) is 2.59. The van der Waals surface area contributed by atoms with Gasteiger partial charge in [0.25, 0.3) is 0 Å². The first-order valence-corrected chi connectivity index (χ1v) is 6.40. The van der Waals surface area contributed by atoms with E-state index in [2.05, 4.69) is 25.4 Å². The lowest BCUT2D eigenvalue weighted by molar-refractivity contribution is 0.225. The van der Waals surface area contributed by atoms with E-state index < -0.39 is 0 Å². The molecule has 0 radical (unpaired) electrons. The second kappa shape index (κ2) is 5.13. The standard InChI is InChI=1S/C10H21NS/c1-4-9(7-12-3)11-10-5-8(2)6-10/h8-11H,4-7H2,1-3H3. The van der Waals surface area contributed by atoms with Crippen molar-refractivity contribution in [3.05, 3.63) is 0 Å². The Morgan fingerprint density at radius 3 is 2.58 bits per heavy atom. The van der Waals surface area contributed by atoms with Gasteiger partial charge < -0.3 is 5.32 Å². The minimum Gasteiger partial charge on any atom is -0.310 e. The highest BCUT2D eigenvalue weighted by molar-refractivity contribution is 7.98. The highest BCUT2D eigenvalue weighted by Crippen LogP contribution is 2.27. The summed E-state index contributed by atoms with van der Waals surface area (Å²) < 4.78 is 0. The summed E-state index contributed by atoms with van der Waals surface area (Å²) in [4.78, 5) is 0. The zero-order valence-electron chi connectivity index (χ0n) is 8.47. The highest BCUT2D eigenvalue weighted by atomic mass is 32.2. The van der Waals surface area contributed by atoms with Gasteiger partial charge in [-0.2, -0.15) is 11.8 Å². The van der Waals surface area contributed by atoms with Gasteiger partial charge in [-0.15, -0.1) is 0 Å². The maximum Gasteiger partial charge on any atom is 0.0158 e. The lowest BCUT2D eigenvalue weighted by atomic mass is 9.81. The summed E-state index contributed by atoms with van der Waals surface area (Å²) in [5.41, 5.74) is 0. The third kappa shape index (κ3) is 2.98. The van der Waals surface area contributed by atoms with Gasteiger partial charge in [-0.3, -0.25) is 0 Å². The van der Waals surface area contributed by atoms with Crippen LogP contribution in [0, 0.1) is 5.92 Å². The van der Waals surface area contributed by atoms with Crippen LogP contribution in [0.1, 0.15) is 33.1 Å². The lowest BCUT2D eigenvalue weighted by Gasteiger charge is -2.36. The number of hydrogen-bond acceptors (Lipinski definition) is 2. The van der Waals surface area contributed by atoms with Crippen molar-refractivity contribution in [2.75, 3.05) is 12.0 Å². The molecule has 1 fully saturated rings. The fraction of sp³-hybridized carbons (Fsp3) is 1.00. The molecule has 1 atom stereocenters. The van der Waals surface area contributed by atoms with E-state index in [-0.39, 0.29) is 0 Å². The molecule has 72 valence electrons. The summed E-state index contributed by atoms with van der Waals surface area (Å²) in [6, 6.07) is 1.58. The maximum atomic E-state index is 3.71. The average molecular weight is 187 g/mol. The van der Waals surface area contributed by atoms with Gasteiger partial charge in [0.05, 0.1) is 0 Å². The molecule has 0 bridgehead atoms. The Balaban J connectivity index is 2.10. The molecule has 0 amide bonds. The molecule has 1 N–H and O–H groups in total. The van der Waals surface area contributed by atoms with Crippen LogP contribution >= 0.6 is 11.8 Å². The molecule has 1 rings (SSSR count). The molecule has 0 spiro atoms. The van der Waals surface area contributed by atoms with Crippen molar-refractivity contribution in [3.8, 4) is 0 Å². The van der Waals surface area contributed by atoms with Crippen molar-refractivity contribution in [1.29, 1.82) is 0 Å². The molecular formula is C10H21NS. The van der Waals surface area contributed by atoms with Crippen molar-refractivity contribution >= 4 is 11.8 Å². The number of rotatable bonds is 5. The topological polar surface area (TPSA) is 12.0 Å². The third-order valence-electron chi connectivity index (χ3n) is 2.71. The fourth-order valence-electron chi connectivity index (χ4n) is 1.86. The van der Waals surface area contributed by atoms with E-state index >= 15 is 0 Å². The summed E-state index contributed by atoms with van der Waals surface area (Å²) in [5, 5.41) is 3.71. The molecule has 1 aliphatic carbocycles. The average Bonchev–Trinajstić information content (AvgIpc) is 2.00. The van der Waals surface area contributed by atoms with Gasteiger partial charge >= 0.3 is 0 Å². The van der Waals surface area contributed by atoms with E-state index in [0.717, 1.165) is 18.0 Å². The predicted octanol–water partition coefficient (Wildman–Crippen LogP) is 2.52. The Hall–Kier alpha value is 0.310. The summed E-state index contributed by atoms with van der Waals surface area (Å²) in [6.07, 6.45) is 6.25. The van der Waals surface area contributed by atoms with Crippen LogP contribution in [0.3, 0.4) is 0 Å². The summed E-state index contributed by atoms with van der Waals surface area (Å²) in [5.74, 6) is 2.23. The van der Waals surface area contributed by atoms with Crippen molar-refractivity contribution < 1.29 is 0 Å². The molecule has 0 aliphatic heterocycles. The molecule has 12 heavy (non-hydrogen) atoms. The Bertz CT molecular complexity index is 121. The Kier molecular flexibility index (Phi) is 4.44. The number of hydrogen-bond donors (Lipinski definition) is 1. The highest BCUT2D eigenvalue weighted by Gasteiger charge is 2.26. The molecule has 1 unspecified atom stereocenters. The molecule has 0 aromatic rings. The van der Waals surface area contributed by atoms with Crippen LogP contribution in [-0.4, -0.2) is 24.1 Å². The van der Waals surface area contributed by atoms with Crippen LogP contribution in [-0.2, 0) is 0 Å². The first-order chi connectivity index (χ1) is 5.76. The summed E-state index contributed by atoms with van der Waals surface area (Å²) in [6.45, 7) is 4.61. The van der Waals surface area contributed by atoms with Crippen molar-refractivity contribution in [2.24, 2.45) is 5.92 Å². The van der Waals surface area contributed by atoms with Gasteiger partial charge in [0, 0.05) is 17.8 Å². The normalized spacial score (nSPS) is 31.2. The van der Waals surface area contributed by atoms with Crippen molar-refractivity contribution in [3.63, 3.8) is 0 Å². The summed E-state index contributed by atoms with van der Waals surface area (Å²) >= 11 is 1.95. The molecule has 2 heteroatoms. The van der Waals surface area contributed by atoms with Crippen molar-refractivity contribution in [2.45, 2.75) is 45.2 Å². The third-order valence-corrected chi connectivity index (χ3v) is 3.44. The van der Waals surface area contributed by atoms with E-state index in [4.69, 9.17) is 0 Å². The molecule has 0 saturated heterocycles. The zero-order chi connectivity index (χ0) is 8.97. The first-order valence-electron chi connectivity index (χ1n) is 5.01. The molecule has 0 aromatic carbocycles. The lowest BCUT2D eigenvalue weighted by Crippen LogP contribution is -2.46. The van der Waals surface area contributed by atoms with E-state index in [1.165, 1.54) is 25.0 Å². The van der Waals surface area contributed by atoms with Crippen LogP contribution < -0.4 is 5.32 Å². The van der Waals surface area contributed by atoms with E-state index in [0.29, 0.717) is 0 Å². The minimum atomic E-state index is 0.748. The Labute approximate surface area is 80.7 Å². The van der Waals surface area contributed by atoms with Crippen LogP contribution in [0.2, 0.25) is 0 Å². The largest absolute Gasteiger partial charge is 0.310 e.